The summed E-state index contributed by atoms with van der Waals surface area (Å²) in [6.45, 7) is 0. The van der Waals surface area contributed by atoms with Crippen molar-refractivity contribution in [3.8, 4) is 0 Å². The summed E-state index contributed by atoms with van der Waals surface area (Å²) in [5.41, 5.74) is 3.53. The zero-order chi connectivity index (χ0) is 13.7. The second-order valence-electron chi connectivity index (χ2n) is 3.74. The average molecular weight is 269 g/mol. The van der Waals surface area contributed by atoms with Gasteiger partial charge in [0.15, 0.2) is 0 Å². The minimum absolute atomic E-state index is 0.282. The van der Waals surface area contributed by atoms with E-state index in [1.165, 1.54) is 17.2 Å². The van der Waals surface area contributed by atoms with Gasteiger partial charge in [0.25, 0.3) is 5.91 Å². The van der Waals surface area contributed by atoms with Crippen molar-refractivity contribution >= 4 is 29.6 Å². The molecule has 0 aliphatic carbocycles. The molecule has 6 heteroatoms. The first-order valence-corrected chi connectivity index (χ1v) is 5.47. The molecular weight excluding hydrogens is 256 g/mol. The number of nitrogens with one attached hydrogen (secondary N) is 1. The molecule has 0 bridgehead atoms. The van der Waals surface area contributed by atoms with Crippen molar-refractivity contribution in [3.05, 3.63) is 40.4 Å². The Kier molecular flexibility index (Phi) is 4.88. The van der Waals surface area contributed by atoms with E-state index < -0.39 is 5.97 Å². The molecule has 0 aliphatic heterocycles. The van der Waals surface area contributed by atoms with Crippen LogP contribution in [0.2, 0.25) is 5.02 Å². The Morgan fingerprint density at radius 3 is 2.56 bits per heavy atom. The lowest BCUT2D eigenvalue weighted by Crippen LogP contribution is -2.36. The maximum absolute atomic E-state index is 11.7. The molecule has 18 heavy (non-hydrogen) atoms. The van der Waals surface area contributed by atoms with Gasteiger partial charge in [-0.15, -0.1) is 0 Å². The molecule has 1 aromatic carbocycles. The van der Waals surface area contributed by atoms with Gasteiger partial charge in [0, 0.05) is 30.8 Å². The highest BCUT2D eigenvalue weighted by Crippen LogP contribution is 2.19. The highest BCUT2D eigenvalue weighted by atomic mass is 35.5. The third-order valence-corrected chi connectivity index (χ3v) is 2.32. The van der Waals surface area contributed by atoms with E-state index >= 15 is 0 Å². The van der Waals surface area contributed by atoms with Crippen molar-refractivity contribution in [1.29, 1.82) is 0 Å². The average Bonchev–Trinajstić information content (AvgIpc) is 2.26. The lowest BCUT2D eigenvalue weighted by atomic mass is 10.1. The Hall–Kier alpha value is -1.85. The van der Waals surface area contributed by atoms with Gasteiger partial charge in [-0.3, -0.25) is 10.2 Å². The number of hydrogen-bond acceptors (Lipinski definition) is 3. The van der Waals surface area contributed by atoms with E-state index in [1.54, 1.807) is 26.2 Å². The molecule has 1 aromatic rings. The molecule has 2 N–H and O–H groups in total. The number of aliphatic carboxylic acids is 1. The molecule has 0 spiro atoms. The van der Waals surface area contributed by atoms with Crippen LogP contribution in [0.4, 0.5) is 0 Å². The molecule has 0 unspecified atom stereocenters. The predicted molar refractivity (Wildman–Crippen MR) is 69.3 cm³/mol. The fourth-order valence-electron chi connectivity index (χ4n) is 1.23. The highest BCUT2D eigenvalue weighted by Gasteiger charge is 2.08. The maximum Gasteiger partial charge on any atom is 0.328 e. The number of amides is 1. The van der Waals surface area contributed by atoms with Crippen molar-refractivity contribution < 1.29 is 14.7 Å². The fourth-order valence-corrected chi connectivity index (χ4v) is 1.48. The smallest absolute Gasteiger partial charge is 0.328 e. The van der Waals surface area contributed by atoms with Crippen molar-refractivity contribution in [2.24, 2.45) is 0 Å². The van der Waals surface area contributed by atoms with Gasteiger partial charge in [0.2, 0.25) is 0 Å². The monoisotopic (exact) mass is 268 g/mol. The second kappa shape index (κ2) is 6.18. The molecule has 0 radical (unpaired) electrons. The minimum atomic E-state index is -1.06. The van der Waals surface area contributed by atoms with E-state index in [9.17, 15) is 9.59 Å². The molecule has 0 saturated heterocycles. The normalized spacial score (nSPS) is 10.9. The number of halogens is 1. The summed E-state index contributed by atoms with van der Waals surface area (Å²) in [7, 11) is 3.40. The predicted octanol–water partition coefficient (Wildman–Crippen LogP) is 1.64. The zero-order valence-corrected chi connectivity index (χ0v) is 10.7. The lowest BCUT2D eigenvalue weighted by molar-refractivity contribution is -0.131. The molecule has 0 fully saturated rings. The number of nitrogens with zero attached hydrogens (tertiary/aromatic N) is 1. The third-order valence-electron chi connectivity index (χ3n) is 1.99. The molecule has 0 saturated carbocycles. The van der Waals surface area contributed by atoms with E-state index in [2.05, 4.69) is 5.43 Å². The Balaban J connectivity index is 2.92. The standard InChI is InChI=1S/C12H13ClN2O3/c1-15(2)14-12(18)9-4-3-8(10(13)7-9)5-6-11(16)17/h3-7H,1-2H3,(H,14,18)(H,16,17)/b6-5+. The minimum Gasteiger partial charge on any atom is -0.478 e. The highest BCUT2D eigenvalue weighted by molar-refractivity contribution is 6.32. The Morgan fingerprint density at radius 2 is 2.06 bits per heavy atom. The summed E-state index contributed by atoms with van der Waals surface area (Å²) in [5.74, 6) is -1.34. The molecule has 0 atom stereocenters. The number of carboxylic acids is 1. The molecule has 0 aliphatic rings. The summed E-state index contributed by atoms with van der Waals surface area (Å²) in [6.07, 6.45) is 2.36. The van der Waals surface area contributed by atoms with Gasteiger partial charge in [-0.1, -0.05) is 17.7 Å². The topological polar surface area (TPSA) is 69.6 Å². The number of carboxylic acid groups (broad SMARTS) is 1. The quantitative estimate of drug-likeness (QED) is 0.643. The van der Waals surface area contributed by atoms with E-state index in [4.69, 9.17) is 16.7 Å². The Bertz CT molecular complexity index is 498. The number of rotatable bonds is 4. The van der Waals surface area contributed by atoms with Gasteiger partial charge in [0.05, 0.1) is 0 Å². The maximum atomic E-state index is 11.7. The first kappa shape index (κ1) is 14.2. The van der Waals surface area contributed by atoms with Crippen LogP contribution in [0.25, 0.3) is 6.08 Å². The van der Waals surface area contributed by atoms with E-state index in [-0.39, 0.29) is 5.91 Å². The summed E-state index contributed by atoms with van der Waals surface area (Å²) in [4.78, 5) is 22.0. The van der Waals surface area contributed by atoms with Crippen LogP contribution in [0.15, 0.2) is 24.3 Å². The molecule has 1 amide bonds. The van der Waals surface area contributed by atoms with Crippen LogP contribution < -0.4 is 5.43 Å². The summed E-state index contributed by atoms with van der Waals surface area (Å²) in [5, 5.41) is 10.3. The van der Waals surface area contributed by atoms with Crippen LogP contribution in [-0.2, 0) is 4.79 Å². The van der Waals surface area contributed by atoms with Gasteiger partial charge in [-0.05, 0) is 23.8 Å². The van der Waals surface area contributed by atoms with Crippen molar-refractivity contribution in [2.75, 3.05) is 14.1 Å². The van der Waals surface area contributed by atoms with Gasteiger partial charge >= 0.3 is 5.97 Å². The third kappa shape index (κ3) is 4.20. The van der Waals surface area contributed by atoms with E-state index in [1.807, 2.05) is 0 Å². The molecule has 0 aromatic heterocycles. The SMILES string of the molecule is CN(C)NC(=O)c1ccc(/C=C/C(=O)O)c(Cl)c1. The van der Waals surface area contributed by atoms with E-state index in [0.717, 1.165) is 6.08 Å². The number of carbonyl (C=O) groups excluding carboxylic acids is 1. The molecule has 1 rings (SSSR count). The van der Waals surface area contributed by atoms with Crippen LogP contribution >= 0.6 is 11.6 Å². The van der Waals surface area contributed by atoms with Crippen LogP contribution in [0.5, 0.6) is 0 Å². The van der Waals surface area contributed by atoms with Gasteiger partial charge in [0.1, 0.15) is 0 Å². The summed E-state index contributed by atoms with van der Waals surface area (Å²) < 4.78 is 0. The van der Waals surface area contributed by atoms with Crippen molar-refractivity contribution in [3.63, 3.8) is 0 Å². The lowest BCUT2D eigenvalue weighted by Gasteiger charge is -2.12. The number of hydrogen-bond donors (Lipinski definition) is 2. The zero-order valence-electron chi connectivity index (χ0n) is 9.98. The first-order chi connectivity index (χ1) is 8.40. The molecule has 0 heterocycles. The van der Waals surface area contributed by atoms with Crippen LogP contribution in [-0.4, -0.2) is 36.1 Å². The molecular formula is C12H13ClN2O3. The molecule has 5 nitrogen and oxygen atoms in total. The van der Waals surface area contributed by atoms with Gasteiger partial charge in [-0.25, -0.2) is 9.80 Å². The number of hydrazine groups is 1. The van der Waals surface area contributed by atoms with Crippen LogP contribution in [0.1, 0.15) is 15.9 Å². The van der Waals surface area contributed by atoms with Crippen molar-refractivity contribution in [1.82, 2.24) is 10.4 Å². The number of carbonyl (C=O) groups is 2. The van der Waals surface area contributed by atoms with Gasteiger partial charge in [-0.2, -0.15) is 0 Å². The second-order valence-corrected chi connectivity index (χ2v) is 4.15. The van der Waals surface area contributed by atoms with Crippen molar-refractivity contribution in [2.45, 2.75) is 0 Å². The Morgan fingerprint density at radius 1 is 1.39 bits per heavy atom. The van der Waals surface area contributed by atoms with E-state index in [0.29, 0.717) is 16.1 Å². The number of benzene rings is 1. The largest absolute Gasteiger partial charge is 0.478 e. The Labute approximate surface area is 110 Å². The summed E-state index contributed by atoms with van der Waals surface area (Å²) >= 11 is 5.96. The van der Waals surface area contributed by atoms with Crippen LogP contribution in [0, 0.1) is 0 Å². The summed E-state index contributed by atoms with van der Waals surface area (Å²) in [6, 6.07) is 4.65. The fraction of sp³-hybridized carbons (Fsp3) is 0.167. The molecule has 96 valence electrons. The van der Waals surface area contributed by atoms with Crippen LogP contribution in [0.3, 0.4) is 0 Å². The van der Waals surface area contributed by atoms with Gasteiger partial charge < -0.3 is 5.11 Å². The first-order valence-electron chi connectivity index (χ1n) is 5.09.